The van der Waals surface area contributed by atoms with E-state index in [1.165, 1.54) is 36.4 Å². The van der Waals surface area contributed by atoms with Crippen molar-refractivity contribution in [3.8, 4) is 5.75 Å². The number of carbonyl (C=O) groups excluding carboxylic acids is 1. The predicted molar refractivity (Wildman–Crippen MR) is 75.0 cm³/mol. The number of para-hydroxylation sites is 1. The van der Waals surface area contributed by atoms with E-state index in [-0.39, 0.29) is 16.3 Å². The number of amides is 1. The monoisotopic (exact) mass is 292 g/mol. The molecule has 0 fully saturated rings. The second-order valence-electron chi connectivity index (χ2n) is 3.91. The minimum atomic E-state index is -3.83. The fourth-order valence-corrected chi connectivity index (χ4v) is 2.85. The van der Waals surface area contributed by atoms with Gasteiger partial charge in [-0.15, -0.1) is 0 Å². The van der Waals surface area contributed by atoms with Gasteiger partial charge in [-0.05, 0) is 36.4 Å². The van der Waals surface area contributed by atoms with E-state index >= 15 is 0 Å². The van der Waals surface area contributed by atoms with Gasteiger partial charge in [0.15, 0.2) is 0 Å². The van der Waals surface area contributed by atoms with Crippen molar-refractivity contribution >= 4 is 27.8 Å². The molecule has 7 heteroatoms. The fourth-order valence-electron chi connectivity index (χ4n) is 1.62. The SMILES string of the molecule is O=CNc1ccccc1S(=O)(=O)Nc1ccc(O)cc1. The van der Waals surface area contributed by atoms with Crippen LogP contribution in [-0.4, -0.2) is 19.9 Å². The number of phenolic OH excluding ortho intramolecular Hbond substituents is 1. The molecule has 6 nitrogen and oxygen atoms in total. The topological polar surface area (TPSA) is 95.5 Å². The van der Waals surface area contributed by atoms with E-state index in [9.17, 15) is 13.2 Å². The second-order valence-corrected chi connectivity index (χ2v) is 5.56. The molecule has 0 saturated carbocycles. The average Bonchev–Trinajstić information content (AvgIpc) is 2.42. The largest absolute Gasteiger partial charge is 0.508 e. The van der Waals surface area contributed by atoms with Crippen molar-refractivity contribution in [2.45, 2.75) is 4.90 Å². The number of carbonyl (C=O) groups is 1. The number of sulfonamides is 1. The number of hydrogen-bond acceptors (Lipinski definition) is 4. The van der Waals surface area contributed by atoms with Crippen LogP contribution in [0.5, 0.6) is 5.75 Å². The lowest BCUT2D eigenvalue weighted by Gasteiger charge is -2.11. The van der Waals surface area contributed by atoms with Gasteiger partial charge in [-0.25, -0.2) is 8.42 Å². The van der Waals surface area contributed by atoms with Crippen LogP contribution < -0.4 is 10.0 Å². The number of nitrogens with one attached hydrogen (secondary N) is 2. The van der Waals surface area contributed by atoms with Gasteiger partial charge in [0, 0.05) is 5.69 Å². The third kappa shape index (κ3) is 3.07. The molecule has 1 amide bonds. The third-order valence-corrected chi connectivity index (χ3v) is 3.95. The van der Waals surface area contributed by atoms with E-state index in [1.54, 1.807) is 12.1 Å². The Morgan fingerprint density at radius 3 is 2.30 bits per heavy atom. The first-order chi connectivity index (χ1) is 9.53. The Kier molecular flexibility index (Phi) is 3.90. The van der Waals surface area contributed by atoms with Crippen molar-refractivity contribution in [1.82, 2.24) is 0 Å². The molecule has 0 aliphatic heterocycles. The Bertz CT molecular complexity index is 711. The van der Waals surface area contributed by atoms with Crippen molar-refractivity contribution in [1.29, 1.82) is 0 Å². The molecule has 0 aliphatic rings. The van der Waals surface area contributed by atoms with Gasteiger partial charge in [-0.1, -0.05) is 12.1 Å². The highest BCUT2D eigenvalue weighted by Crippen LogP contribution is 2.23. The molecule has 104 valence electrons. The Morgan fingerprint density at radius 1 is 1.00 bits per heavy atom. The highest BCUT2D eigenvalue weighted by atomic mass is 32.2. The summed E-state index contributed by atoms with van der Waals surface area (Å²) in [7, 11) is -3.83. The molecule has 0 unspecified atom stereocenters. The van der Waals surface area contributed by atoms with Crippen molar-refractivity contribution in [2.24, 2.45) is 0 Å². The second kappa shape index (κ2) is 5.62. The number of rotatable bonds is 5. The summed E-state index contributed by atoms with van der Waals surface area (Å²) in [5, 5.41) is 11.5. The van der Waals surface area contributed by atoms with Crippen LogP contribution in [0.25, 0.3) is 0 Å². The smallest absolute Gasteiger partial charge is 0.263 e. The molecule has 0 bridgehead atoms. The van der Waals surface area contributed by atoms with Gasteiger partial charge in [-0.3, -0.25) is 9.52 Å². The first kappa shape index (κ1) is 13.9. The van der Waals surface area contributed by atoms with Crippen LogP contribution in [0.3, 0.4) is 0 Å². The number of benzene rings is 2. The van der Waals surface area contributed by atoms with E-state index in [4.69, 9.17) is 5.11 Å². The predicted octanol–water partition coefficient (Wildman–Crippen LogP) is 1.76. The lowest BCUT2D eigenvalue weighted by atomic mass is 10.3. The van der Waals surface area contributed by atoms with E-state index in [0.717, 1.165) is 0 Å². The summed E-state index contributed by atoms with van der Waals surface area (Å²) in [6.07, 6.45) is 0.412. The van der Waals surface area contributed by atoms with Crippen LogP contribution in [0.15, 0.2) is 53.4 Å². The summed E-state index contributed by atoms with van der Waals surface area (Å²) in [5.41, 5.74) is 0.498. The fraction of sp³-hybridized carbons (Fsp3) is 0. The molecule has 0 saturated heterocycles. The molecule has 3 N–H and O–H groups in total. The van der Waals surface area contributed by atoms with Gasteiger partial charge >= 0.3 is 0 Å². The maximum Gasteiger partial charge on any atom is 0.263 e. The number of anilines is 2. The van der Waals surface area contributed by atoms with Crippen LogP contribution in [0.4, 0.5) is 11.4 Å². The molecular weight excluding hydrogens is 280 g/mol. The highest BCUT2D eigenvalue weighted by molar-refractivity contribution is 7.92. The highest BCUT2D eigenvalue weighted by Gasteiger charge is 2.18. The summed E-state index contributed by atoms with van der Waals surface area (Å²) in [6.45, 7) is 0. The quantitative estimate of drug-likeness (QED) is 0.578. The Balaban J connectivity index is 2.35. The first-order valence-corrected chi connectivity index (χ1v) is 7.12. The minimum Gasteiger partial charge on any atom is -0.508 e. The summed E-state index contributed by atoms with van der Waals surface area (Å²) in [4.78, 5) is 10.5. The van der Waals surface area contributed by atoms with Crippen molar-refractivity contribution in [3.63, 3.8) is 0 Å². The van der Waals surface area contributed by atoms with E-state index in [1.807, 2.05) is 0 Å². The van der Waals surface area contributed by atoms with Gasteiger partial charge in [0.05, 0.1) is 5.69 Å². The zero-order valence-corrected chi connectivity index (χ0v) is 11.1. The molecule has 2 aromatic rings. The molecule has 2 aromatic carbocycles. The number of hydrogen-bond donors (Lipinski definition) is 3. The standard InChI is InChI=1S/C13H12N2O4S/c16-9-14-12-3-1-2-4-13(12)20(18,19)15-10-5-7-11(17)8-6-10/h1-9,15,17H,(H,14,16). The first-order valence-electron chi connectivity index (χ1n) is 5.64. The van der Waals surface area contributed by atoms with E-state index in [2.05, 4.69) is 10.0 Å². The molecular formula is C13H12N2O4S. The van der Waals surface area contributed by atoms with Crippen molar-refractivity contribution in [2.75, 3.05) is 10.0 Å². The summed E-state index contributed by atoms with van der Waals surface area (Å²) >= 11 is 0. The van der Waals surface area contributed by atoms with Crippen molar-refractivity contribution in [3.05, 3.63) is 48.5 Å². The molecule has 0 radical (unpaired) electrons. The third-order valence-electron chi connectivity index (χ3n) is 2.51. The van der Waals surface area contributed by atoms with Crippen LogP contribution >= 0.6 is 0 Å². The number of aromatic hydroxyl groups is 1. The summed E-state index contributed by atoms with van der Waals surface area (Å²) in [6, 6.07) is 11.6. The zero-order chi connectivity index (χ0) is 14.6. The normalized spacial score (nSPS) is 10.8. The van der Waals surface area contributed by atoms with Gasteiger partial charge in [-0.2, -0.15) is 0 Å². The lowest BCUT2D eigenvalue weighted by Crippen LogP contribution is -2.15. The molecule has 0 atom stereocenters. The van der Waals surface area contributed by atoms with Crippen LogP contribution in [-0.2, 0) is 14.8 Å². The molecule has 0 aromatic heterocycles. The zero-order valence-electron chi connectivity index (χ0n) is 10.3. The molecule has 0 heterocycles. The Labute approximate surface area is 116 Å². The minimum absolute atomic E-state index is 0.0379. The van der Waals surface area contributed by atoms with Crippen molar-refractivity contribution < 1.29 is 18.3 Å². The molecule has 0 aliphatic carbocycles. The Morgan fingerprint density at radius 2 is 1.65 bits per heavy atom. The summed E-state index contributed by atoms with van der Waals surface area (Å²) in [5.74, 6) is 0.0379. The van der Waals surface area contributed by atoms with Gasteiger partial charge in [0.25, 0.3) is 10.0 Å². The Hall–Kier alpha value is -2.54. The lowest BCUT2D eigenvalue weighted by molar-refractivity contribution is -0.105. The summed E-state index contributed by atoms with van der Waals surface area (Å²) < 4.78 is 26.9. The molecule has 20 heavy (non-hydrogen) atoms. The molecule has 0 spiro atoms. The average molecular weight is 292 g/mol. The van der Waals surface area contributed by atoms with Crippen LogP contribution in [0.1, 0.15) is 0 Å². The van der Waals surface area contributed by atoms with Gasteiger partial charge in [0.2, 0.25) is 6.41 Å². The van der Waals surface area contributed by atoms with E-state index in [0.29, 0.717) is 12.1 Å². The molecule has 2 rings (SSSR count). The number of phenols is 1. The maximum atomic E-state index is 12.3. The maximum absolute atomic E-state index is 12.3. The van der Waals surface area contributed by atoms with Crippen LogP contribution in [0.2, 0.25) is 0 Å². The van der Waals surface area contributed by atoms with Gasteiger partial charge in [0.1, 0.15) is 10.6 Å². The van der Waals surface area contributed by atoms with Gasteiger partial charge < -0.3 is 10.4 Å². The van der Waals surface area contributed by atoms with Crippen LogP contribution in [0, 0.1) is 0 Å². The van der Waals surface area contributed by atoms with E-state index < -0.39 is 10.0 Å².